The highest BCUT2D eigenvalue weighted by molar-refractivity contribution is 6.30. The Labute approximate surface area is 152 Å². The first-order chi connectivity index (χ1) is 12.7. The standard InChI is InChI=1S/C22H20O4/c1-3-25-21-15-11-7-8-12-16(15)22(26-4-2)18-17(21)19(23)13-9-5-6-10-14(13)20(18)24/h5-10H,3-4,11-12H2,1-2H3. The van der Waals surface area contributed by atoms with E-state index >= 15 is 0 Å². The van der Waals surface area contributed by atoms with E-state index in [9.17, 15) is 9.59 Å². The van der Waals surface area contributed by atoms with Gasteiger partial charge in [-0.3, -0.25) is 9.59 Å². The maximum atomic E-state index is 13.3. The van der Waals surface area contributed by atoms with E-state index in [1.807, 2.05) is 13.8 Å². The molecule has 0 radical (unpaired) electrons. The largest absolute Gasteiger partial charge is 0.493 e. The number of allylic oxidation sites excluding steroid dienone is 2. The molecule has 26 heavy (non-hydrogen) atoms. The van der Waals surface area contributed by atoms with Gasteiger partial charge in [-0.25, -0.2) is 0 Å². The van der Waals surface area contributed by atoms with Crippen molar-refractivity contribution in [1.82, 2.24) is 0 Å². The summed E-state index contributed by atoms with van der Waals surface area (Å²) in [6.07, 6.45) is 5.47. The van der Waals surface area contributed by atoms with Crippen LogP contribution in [0.2, 0.25) is 0 Å². The summed E-state index contributed by atoms with van der Waals surface area (Å²) in [6, 6.07) is 6.96. The molecule has 0 spiro atoms. The molecule has 0 aliphatic heterocycles. The fourth-order valence-electron chi connectivity index (χ4n) is 3.83. The summed E-state index contributed by atoms with van der Waals surface area (Å²) in [4.78, 5) is 26.6. The van der Waals surface area contributed by atoms with E-state index in [0.29, 0.717) is 59.8 Å². The van der Waals surface area contributed by atoms with E-state index in [-0.39, 0.29) is 11.6 Å². The highest BCUT2D eigenvalue weighted by Gasteiger charge is 2.38. The number of ketones is 2. The van der Waals surface area contributed by atoms with Crippen molar-refractivity contribution in [3.05, 3.63) is 69.8 Å². The Balaban J connectivity index is 2.09. The molecule has 0 aromatic heterocycles. The van der Waals surface area contributed by atoms with Crippen molar-refractivity contribution in [2.45, 2.75) is 26.7 Å². The number of carbonyl (C=O) groups excluding carboxylic acids is 2. The van der Waals surface area contributed by atoms with Gasteiger partial charge in [0.25, 0.3) is 0 Å². The molecule has 2 aliphatic rings. The highest BCUT2D eigenvalue weighted by atomic mass is 16.5. The number of hydrogen-bond acceptors (Lipinski definition) is 4. The van der Waals surface area contributed by atoms with Gasteiger partial charge in [0.05, 0.1) is 24.3 Å². The van der Waals surface area contributed by atoms with Crippen LogP contribution in [0.1, 0.15) is 56.8 Å². The molecular weight excluding hydrogens is 328 g/mol. The second-order valence-electron chi connectivity index (χ2n) is 6.31. The van der Waals surface area contributed by atoms with Crippen molar-refractivity contribution in [2.75, 3.05) is 13.2 Å². The molecule has 0 atom stereocenters. The maximum Gasteiger partial charge on any atom is 0.198 e. The van der Waals surface area contributed by atoms with E-state index in [4.69, 9.17) is 9.47 Å². The third kappa shape index (κ3) is 2.29. The van der Waals surface area contributed by atoms with E-state index in [2.05, 4.69) is 12.2 Å². The lowest BCUT2D eigenvalue weighted by Crippen LogP contribution is -2.25. The smallest absolute Gasteiger partial charge is 0.198 e. The average molecular weight is 348 g/mol. The van der Waals surface area contributed by atoms with E-state index in [0.717, 1.165) is 11.1 Å². The topological polar surface area (TPSA) is 52.6 Å². The van der Waals surface area contributed by atoms with E-state index in [1.54, 1.807) is 24.3 Å². The first-order valence-electron chi connectivity index (χ1n) is 8.99. The molecule has 4 nitrogen and oxygen atoms in total. The molecule has 0 unspecified atom stereocenters. The average Bonchev–Trinajstić information content (AvgIpc) is 2.68. The fraction of sp³-hybridized carbons (Fsp3) is 0.273. The Morgan fingerprint density at radius 2 is 1.19 bits per heavy atom. The van der Waals surface area contributed by atoms with Crippen LogP contribution in [0.4, 0.5) is 0 Å². The molecule has 0 N–H and O–H groups in total. The second-order valence-corrected chi connectivity index (χ2v) is 6.31. The Hall–Kier alpha value is -2.88. The zero-order valence-electron chi connectivity index (χ0n) is 14.9. The van der Waals surface area contributed by atoms with Gasteiger partial charge in [0.1, 0.15) is 11.5 Å². The van der Waals surface area contributed by atoms with Crippen LogP contribution in [-0.2, 0) is 12.8 Å². The second kappa shape index (κ2) is 6.45. The van der Waals surface area contributed by atoms with Crippen LogP contribution >= 0.6 is 0 Å². The predicted octanol–water partition coefficient (Wildman–Crippen LogP) is 3.91. The van der Waals surface area contributed by atoms with Gasteiger partial charge in [-0.1, -0.05) is 36.4 Å². The van der Waals surface area contributed by atoms with Gasteiger partial charge in [-0.2, -0.15) is 0 Å². The normalized spacial score (nSPS) is 14.5. The molecule has 0 saturated heterocycles. The van der Waals surface area contributed by atoms with Crippen molar-refractivity contribution in [1.29, 1.82) is 0 Å². The predicted molar refractivity (Wildman–Crippen MR) is 98.6 cm³/mol. The van der Waals surface area contributed by atoms with Crippen molar-refractivity contribution in [2.24, 2.45) is 0 Å². The molecule has 0 heterocycles. The van der Waals surface area contributed by atoms with Gasteiger partial charge >= 0.3 is 0 Å². The van der Waals surface area contributed by atoms with Crippen molar-refractivity contribution in [3.8, 4) is 11.5 Å². The number of hydrogen-bond donors (Lipinski definition) is 0. The maximum absolute atomic E-state index is 13.3. The van der Waals surface area contributed by atoms with E-state index in [1.165, 1.54) is 0 Å². The lowest BCUT2D eigenvalue weighted by Gasteiger charge is -2.28. The van der Waals surface area contributed by atoms with Gasteiger partial charge in [0.2, 0.25) is 0 Å². The summed E-state index contributed by atoms with van der Waals surface area (Å²) in [5.41, 5.74) is 3.48. The third-order valence-electron chi connectivity index (χ3n) is 4.87. The van der Waals surface area contributed by atoms with Crippen molar-refractivity contribution in [3.63, 3.8) is 0 Å². The molecule has 0 bridgehead atoms. The van der Waals surface area contributed by atoms with Crippen LogP contribution in [0.25, 0.3) is 0 Å². The fourth-order valence-corrected chi connectivity index (χ4v) is 3.83. The Bertz CT molecular complexity index is 877. The number of benzene rings is 2. The van der Waals surface area contributed by atoms with Crippen LogP contribution in [0.5, 0.6) is 11.5 Å². The molecule has 2 aromatic rings. The minimum absolute atomic E-state index is 0.169. The minimum Gasteiger partial charge on any atom is -0.493 e. The lowest BCUT2D eigenvalue weighted by molar-refractivity contribution is 0.0972. The Morgan fingerprint density at radius 1 is 0.769 bits per heavy atom. The third-order valence-corrected chi connectivity index (χ3v) is 4.87. The molecule has 4 heteroatoms. The zero-order valence-corrected chi connectivity index (χ0v) is 14.9. The quantitative estimate of drug-likeness (QED) is 0.671. The van der Waals surface area contributed by atoms with Crippen LogP contribution in [-0.4, -0.2) is 24.8 Å². The summed E-state index contributed by atoms with van der Waals surface area (Å²) in [5.74, 6) is 0.741. The molecule has 2 aliphatic carbocycles. The molecule has 4 rings (SSSR count). The van der Waals surface area contributed by atoms with Gasteiger partial charge in [0.15, 0.2) is 11.6 Å². The first-order valence-corrected chi connectivity index (χ1v) is 8.99. The molecule has 2 aromatic carbocycles. The summed E-state index contributed by atoms with van der Waals surface area (Å²) in [7, 11) is 0. The van der Waals surface area contributed by atoms with Crippen molar-refractivity contribution < 1.29 is 19.1 Å². The summed E-state index contributed by atoms with van der Waals surface area (Å²) >= 11 is 0. The van der Waals surface area contributed by atoms with Crippen LogP contribution in [0, 0.1) is 0 Å². The molecule has 0 amide bonds. The molecular formula is C22H20O4. The van der Waals surface area contributed by atoms with Crippen LogP contribution in [0.3, 0.4) is 0 Å². The highest BCUT2D eigenvalue weighted by Crippen LogP contribution is 2.45. The van der Waals surface area contributed by atoms with Gasteiger partial charge in [-0.15, -0.1) is 0 Å². The van der Waals surface area contributed by atoms with Gasteiger partial charge in [-0.05, 0) is 26.7 Å². The lowest BCUT2D eigenvalue weighted by atomic mass is 9.79. The zero-order chi connectivity index (χ0) is 18.3. The molecule has 132 valence electrons. The van der Waals surface area contributed by atoms with Crippen LogP contribution in [0.15, 0.2) is 36.4 Å². The van der Waals surface area contributed by atoms with Gasteiger partial charge < -0.3 is 9.47 Å². The SMILES string of the molecule is CCOc1c2c(c(OCC)c3c1C(=O)c1ccccc1C3=O)CC=CC2. The van der Waals surface area contributed by atoms with E-state index < -0.39 is 0 Å². The molecule has 0 saturated carbocycles. The minimum atomic E-state index is -0.169. The Kier molecular flexibility index (Phi) is 4.11. The van der Waals surface area contributed by atoms with Gasteiger partial charge in [0, 0.05) is 22.3 Å². The summed E-state index contributed by atoms with van der Waals surface area (Å²) < 4.78 is 11.8. The number of carbonyl (C=O) groups is 2. The van der Waals surface area contributed by atoms with Crippen molar-refractivity contribution >= 4 is 11.6 Å². The number of ether oxygens (including phenoxy) is 2. The Morgan fingerprint density at radius 3 is 1.58 bits per heavy atom. The van der Waals surface area contributed by atoms with Crippen LogP contribution < -0.4 is 9.47 Å². The monoisotopic (exact) mass is 348 g/mol. The summed E-state index contributed by atoms with van der Waals surface area (Å²) in [6.45, 7) is 4.63. The summed E-state index contributed by atoms with van der Waals surface area (Å²) in [5, 5.41) is 0. The molecule has 0 fully saturated rings. The number of fused-ring (bicyclic) bond motifs is 3. The number of rotatable bonds is 4. The first kappa shape index (κ1) is 16.6.